The van der Waals surface area contributed by atoms with Crippen molar-refractivity contribution in [3.8, 4) is 11.5 Å². The Kier molecular flexibility index (Phi) is 7.85. The molecule has 3 aromatic carbocycles. The van der Waals surface area contributed by atoms with Gasteiger partial charge in [0.15, 0.2) is 5.82 Å². The topological polar surface area (TPSA) is 65.4 Å². The number of amides is 1. The van der Waals surface area contributed by atoms with Crippen molar-refractivity contribution < 1.29 is 14.3 Å². The first-order valence-electron chi connectivity index (χ1n) is 11.1. The molecular formula is C28H26ClN3O3. The number of hydrogen-bond acceptors (Lipinski definition) is 4. The van der Waals surface area contributed by atoms with Crippen LogP contribution in [0.1, 0.15) is 22.3 Å². The highest BCUT2D eigenvalue weighted by molar-refractivity contribution is 6.31. The van der Waals surface area contributed by atoms with Gasteiger partial charge in [0, 0.05) is 28.9 Å². The molecule has 0 fully saturated rings. The SMILES string of the molecule is COc1ccc(/C=C/C(=O)Nc2ccn(Cc3ccccc3Cl)n2)cc1COc1ccc(C)cc1. The summed E-state index contributed by atoms with van der Waals surface area (Å²) in [6.45, 7) is 2.90. The predicted octanol–water partition coefficient (Wildman–Crippen LogP) is 6.13. The van der Waals surface area contributed by atoms with Gasteiger partial charge in [-0.15, -0.1) is 0 Å². The number of halogens is 1. The third-order valence-corrected chi connectivity index (χ3v) is 5.70. The Labute approximate surface area is 209 Å². The Hall–Kier alpha value is -4.03. The zero-order valence-electron chi connectivity index (χ0n) is 19.6. The molecule has 0 atom stereocenters. The third-order valence-electron chi connectivity index (χ3n) is 5.33. The first-order valence-corrected chi connectivity index (χ1v) is 11.5. The zero-order valence-corrected chi connectivity index (χ0v) is 20.3. The second-order valence-corrected chi connectivity index (χ2v) is 8.39. The van der Waals surface area contributed by atoms with Crippen LogP contribution in [0.3, 0.4) is 0 Å². The maximum Gasteiger partial charge on any atom is 0.249 e. The van der Waals surface area contributed by atoms with Crippen LogP contribution in [-0.2, 0) is 17.9 Å². The molecule has 1 amide bonds. The molecule has 0 saturated heterocycles. The number of ether oxygens (including phenoxy) is 2. The number of anilines is 1. The Morgan fingerprint density at radius 1 is 1.06 bits per heavy atom. The highest BCUT2D eigenvalue weighted by Crippen LogP contribution is 2.23. The molecule has 35 heavy (non-hydrogen) atoms. The summed E-state index contributed by atoms with van der Waals surface area (Å²) in [5.74, 6) is 1.70. The summed E-state index contributed by atoms with van der Waals surface area (Å²) >= 11 is 6.22. The van der Waals surface area contributed by atoms with Crippen LogP contribution in [0.25, 0.3) is 6.08 Å². The molecule has 0 spiro atoms. The molecule has 1 heterocycles. The monoisotopic (exact) mass is 487 g/mol. The van der Waals surface area contributed by atoms with Crippen LogP contribution in [0.4, 0.5) is 5.82 Å². The van der Waals surface area contributed by atoms with Crippen LogP contribution in [0.15, 0.2) is 85.1 Å². The van der Waals surface area contributed by atoms with E-state index < -0.39 is 0 Å². The van der Waals surface area contributed by atoms with Gasteiger partial charge >= 0.3 is 0 Å². The van der Waals surface area contributed by atoms with Gasteiger partial charge in [-0.25, -0.2) is 0 Å². The minimum atomic E-state index is -0.277. The number of hydrogen-bond donors (Lipinski definition) is 1. The maximum atomic E-state index is 12.4. The molecule has 0 aliphatic rings. The number of carbonyl (C=O) groups is 1. The first-order chi connectivity index (χ1) is 17.0. The lowest BCUT2D eigenvalue weighted by Gasteiger charge is -2.11. The number of aromatic nitrogens is 2. The summed E-state index contributed by atoms with van der Waals surface area (Å²) < 4.78 is 13.1. The van der Waals surface area contributed by atoms with Crippen molar-refractivity contribution in [1.82, 2.24) is 9.78 Å². The van der Waals surface area contributed by atoms with Gasteiger partial charge in [-0.3, -0.25) is 9.48 Å². The van der Waals surface area contributed by atoms with E-state index in [1.807, 2.05) is 73.7 Å². The largest absolute Gasteiger partial charge is 0.496 e. The van der Waals surface area contributed by atoms with Gasteiger partial charge in [0.2, 0.25) is 5.91 Å². The van der Waals surface area contributed by atoms with E-state index in [2.05, 4.69) is 10.4 Å². The maximum absolute atomic E-state index is 12.4. The highest BCUT2D eigenvalue weighted by Gasteiger charge is 2.07. The summed E-state index contributed by atoms with van der Waals surface area (Å²) in [6.07, 6.45) is 5.01. The van der Waals surface area contributed by atoms with Crippen LogP contribution in [0.2, 0.25) is 5.02 Å². The van der Waals surface area contributed by atoms with Gasteiger partial charge in [-0.05, 0) is 54.5 Å². The Bertz CT molecular complexity index is 1330. The normalized spacial score (nSPS) is 10.9. The van der Waals surface area contributed by atoms with Gasteiger partial charge in [-0.2, -0.15) is 5.10 Å². The molecule has 6 nitrogen and oxygen atoms in total. The second-order valence-electron chi connectivity index (χ2n) is 7.99. The van der Waals surface area contributed by atoms with Gasteiger partial charge < -0.3 is 14.8 Å². The van der Waals surface area contributed by atoms with E-state index in [0.717, 1.165) is 28.2 Å². The number of nitrogens with one attached hydrogen (secondary N) is 1. The molecule has 1 N–H and O–H groups in total. The fourth-order valence-electron chi connectivity index (χ4n) is 3.47. The van der Waals surface area contributed by atoms with Crippen molar-refractivity contribution in [1.29, 1.82) is 0 Å². The molecule has 0 saturated carbocycles. The fraction of sp³-hybridized carbons (Fsp3) is 0.143. The number of benzene rings is 3. The van der Waals surface area contributed by atoms with Gasteiger partial charge in [0.1, 0.15) is 18.1 Å². The molecule has 4 rings (SSSR count). The van der Waals surface area contributed by atoms with E-state index in [1.54, 1.807) is 30.1 Å². The number of methoxy groups -OCH3 is 1. The van der Waals surface area contributed by atoms with Crippen molar-refractivity contribution in [2.75, 3.05) is 12.4 Å². The van der Waals surface area contributed by atoms with Crippen molar-refractivity contribution in [3.05, 3.63) is 112 Å². The second kappa shape index (κ2) is 11.4. The predicted molar refractivity (Wildman–Crippen MR) is 139 cm³/mol. The lowest BCUT2D eigenvalue weighted by atomic mass is 10.1. The molecule has 178 valence electrons. The third kappa shape index (κ3) is 6.74. The Balaban J connectivity index is 1.37. The van der Waals surface area contributed by atoms with Crippen LogP contribution in [0, 0.1) is 6.92 Å². The molecule has 0 radical (unpaired) electrons. The van der Waals surface area contributed by atoms with E-state index in [0.29, 0.717) is 24.0 Å². The molecule has 4 aromatic rings. The van der Waals surface area contributed by atoms with Crippen LogP contribution in [-0.4, -0.2) is 22.8 Å². The molecule has 0 unspecified atom stereocenters. The van der Waals surface area contributed by atoms with Crippen LogP contribution in [0.5, 0.6) is 11.5 Å². The lowest BCUT2D eigenvalue weighted by molar-refractivity contribution is -0.111. The number of nitrogens with zero attached hydrogens (tertiary/aromatic N) is 2. The van der Waals surface area contributed by atoms with E-state index >= 15 is 0 Å². The molecule has 0 aliphatic heterocycles. The number of carbonyl (C=O) groups excluding carboxylic acids is 1. The number of aryl methyl sites for hydroxylation is 1. The van der Waals surface area contributed by atoms with Crippen LogP contribution < -0.4 is 14.8 Å². The van der Waals surface area contributed by atoms with Gasteiger partial charge in [-0.1, -0.05) is 53.6 Å². The standard InChI is InChI=1S/C28H26ClN3O3/c1-20-7-11-24(12-8-20)35-19-23-17-21(9-13-26(23)34-2)10-14-28(33)30-27-15-16-32(31-27)18-22-5-3-4-6-25(22)29/h3-17H,18-19H2,1-2H3,(H,30,31,33)/b14-10+. The summed E-state index contributed by atoms with van der Waals surface area (Å²) in [7, 11) is 1.62. The smallest absolute Gasteiger partial charge is 0.249 e. The highest BCUT2D eigenvalue weighted by atomic mass is 35.5. The molecule has 7 heteroatoms. The minimum Gasteiger partial charge on any atom is -0.496 e. The van der Waals surface area contributed by atoms with Crippen molar-refractivity contribution in [2.45, 2.75) is 20.1 Å². The molecule has 0 aliphatic carbocycles. The Morgan fingerprint density at radius 3 is 2.63 bits per heavy atom. The average molecular weight is 488 g/mol. The first kappa shape index (κ1) is 24.1. The lowest BCUT2D eigenvalue weighted by Crippen LogP contribution is -2.09. The molecule has 0 bridgehead atoms. The summed E-state index contributed by atoms with van der Waals surface area (Å²) in [4.78, 5) is 12.4. The molecule has 1 aromatic heterocycles. The van der Waals surface area contributed by atoms with E-state index in [4.69, 9.17) is 21.1 Å². The van der Waals surface area contributed by atoms with Crippen molar-refractivity contribution in [2.24, 2.45) is 0 Å². The minimum absolute atomic E-state index is 0.277. The molecular weight excluding hydrogens is 462 g/mol. The number of rotatable bonds is 9. The van der Waals surface area contributed by atoms with Gasteiger partial charge in [0.05, 0.1) is 13.7 Å². The van der Waals surface area contributed by atoms with Crippen molar-refractivity contribution >= 4 is 29.4 Å². The zero-order chi connectivity index (χ0) is 24.6. The summed E-state index contributed by atoms with van der Waals surface area (Å²) in [5.41, 5.74) is 3.87. The van der Waals surface area contributed by atoms with Crippen LogP contribution >= 0.6 is 11.6 Å². The summed E-state index contributed by atoms with van der Waals surface area (Å²) in [6, 6.07) is 22.9. The van der Waals surface area contributed by atoms with E-state index in [-0.39, 0.29) is 5.91 Å². The summed E-state index contributed by atoms with van der Waals surface area (Å²) in [5, 5.41) is 7.86. The Morgan fingerprint density at radius 2 is 1.86 bits per heavy atom. The quantitative estimate of drug-likeness (QED) is 0.288. The van der Waals surface area contributed by atoms with Crippen molar-refractivity contribution in [3.63, 3.8) is 0 Å². The average Bonchev–Trinajstić information content (AvgIpc) is 3.30. The van der Waals surface area contributed by atoms with E-state index in [1.165, 1.54) is 11.6 Å². The fourth-order valence-corrected chi connectivity index (χ4v) is 3.66. The van der Waals surface area contributed by atoms with Gasteiger partial charge in [0.25, 0.3) is 0 Å². The van der Waals surface area contributed by atoms with E-state index in [9.17, 15) is 4.79 Å².